The summed E-state index contributed by atoms with van der Waals surface area (Å²) in [5, 5.41) is 43.0. The molecule has 2 rings (SSSR count). The van der Waals surface area contributed by atoms with Crippen molar-refractivity contribution in [3.8, 4) is 0 Å². The Morgan fingerprint density at radius 2 is 0.574 bits per heavy atom. The van der Waals surface area contributed by atoms with Gasteiger partial charge in [-0.25, -0.2) is 0 Å². The van der Waals surface area contributed by atoms with Crippen molar-refractivity contribution >= 4 is 88.6 Å². The molecule has 0 saturated carbocycles. The van der Waals surface area contributed by atoms with Crippen LogP contribution in [-0.2, 0) is 110 Å². The van der Waals surface area contributed by atoms with Gasteiger partial charge in [0.2, 0.25) is 65.0 Å². The van der Waals surface area contributed by atoms with E-state index < -0.39 is 89.4 Å². The second kappa shape index (κ2) is 72.8. The van der Waals surface area contributed by atoms with Gasteiger partial charge in [0.15, 0.2) is 0 Å². The number of carbonyl (C=O) groups excluding carboxylic acids is 15. The van der Waals surface area contributed by atoms with Gasteiger partial charge in [0.25, 0.3) is 23.6 Å². The van der Waals surface area contributed by atoms with E-state index in [2.05, 4.69) is 79.8 Å². The lowest BCUT2D eigenvalue weighted by molar-refractivity contribution is -0.139. The summed E-state index contributed by atoms with van der Waals surface area (Å²) >= 11 is 0. The molecule has 0 fully saturated rings. The number of amides is 15. The quantitative estimate of drug-likeness (QED) is 0.0201. The van der Waals surface area contributed by atoms with Crippen LogP contribution in [0.15, 0.2) is 24.3 Å². The number of unbranched alkanes of at least 4 members (excludes halogenated alkanes) is 6. The highest BCUT2D eigenvalue weighted by Gasteiger charge is 2.30. The molecule has 0 aromatic carbocycles. The fourth-order valence-corrected chi connectivity index (χ4v) is 12.0. The van der Waals surface area contributed by atoms with Gasteiger partial charge < -0.3 is 124 Å². The van der Waals surface area contributed by atoms with E-state index in [-0.39, 0.29) is 232 Å². The molecule has 42 heteroatoms. The second-order valence-corrected chi connectivity index (χ2v) is 28.8. The smallest absolute Gasteiger partial charge is 0.254 e. The van der Waals surface area contributed by atoms with E-state index in [4.69, 9.17) is 49.4 Å². The minimum atomic E-state index is -1.04. The molecule has 0 saturated heterocycles. The van der Waals surface area contributed by atoms with Crippen LogP contribution >= 0.6 is 0 Å². The van der Waals surface area contributed by atoms with Crippen molar-refractivity contribution in [3.63, 3.8) is 0 Å². The van der Waals surface area contributed by atoms with Crippen LogP contribution < -0.4 is 91.2 Å². The minimum absolute atomic E-state index is 0.00881. The van der Waals surface area contributed by atoms with Gasteiger partial charge in [0.1, 0.15) is 30.2 Å². The lowest BCUT2D eigenvalue weighted by Gasteiger charge is -2.22. The lowest BCUT2D eigenvalue weighted by Crippen LogP contribution is -2.53. The van der Waals surface area contributed by atoms with Crippen LogP contribution in [-0.4, -0.2) is 347 Å². The number of ether oxygens (including phenoxy) is 8. The Morgan fingerprint density at radius 1 is 0.295 bits per heavy atom. The van der Waals surface area contributed by atoms with Gasteiger partial charge in [-0.1, -0.05) is 6.42 Å². The zero-order valence-corrected chi connectivity index (χ0v) is 72.3. The van der Waals surface area contributed by atoms with Crippen molar-refractivity contribution < 1.29 is 110 Å². The van der Waals surface area contributed by atoms with Crippen molar-refractivity contribution in [2.75, 3.05) is 213 Å². The van der Waals surface area contributed by atoms with Gasteiger partial charge in [-0.2, -0.15) is 0 Å². The molecular weight excluding hydrogens is 1590 g/mol. The lowest BCUT2D eigenvalue weighted by atomic mass is 10.1. The van der Waals surface area contributed by atoms with Gasteiger partial charge in [-0.3, -0.25) is 87.0 Å². The Balaban J connectivity index is 1.67. The van der Waals surface area contributed by atoms with Crippen molar-refractivity contribution in [3.05, 3.63) is 24.3 Å². The molecule has 0 aliphatic carbocycles. The van der Waals surface area contributed by atoms with E-state index >= 15 is 0 Å². The number of rotatable bonds is 82. The third-order valence-corrected chi connectivity index (χ3v) is 18.9. The van der Waals surface area contributed by atoms with Crippen LogP contribution in [0.4, 0.5) is 0 Å². The molecule has 15 amide bonds. The summed E-state index contributed by atoms with van der Waals surface area (Å²) in [6.07, 6.45) is 14.5. The maximum atomic E-state index is 13.6. The molecule has 19 N–H and O–H groups in total. The van der Waals surface area contributed by atoms with Crippen LogP contribution in [0, 0.1) is 0 Å². The molecule has 2 heterocycles. The molecule has 122 heavy (non-hydrogen) atoms. The van der Waals surface area contributed by atoms with E-state index in [0.717, 1.165) is 80.2 Å². The number of nitrogens with one attached hydrogen (secondary N) is 15. The van der Waals surface area contributed by atoms with Gasteiger partial charge in [-0.15, -0.1) is 0 Å². The van der Waals surface area contributed by atoms with Crippen molar-refractivity contribution in [2.45, 2.75) is 184 Å². The first kappa shape index (κ1) is 109. The Morgan fingerprint density at radius 3 is 0.910 bits per heavy atom. The third-order valence-electron chi connectivity index (χ3n) is 18.9. The highest BCUT2D eigenvalue weighted by molar-refractivity contribution is 6.13. The van der Waals surface area contributed by atoms with Gasteiger partial charge in [0, 0.05) is 95.7 Å². The monoisotopic (exact) mass is 1740 g/mol. The zero-order valence-electron chi connectivity index (χ0n) is 72.3. The standard InChI is InChI=1S/C80H143N19O23/c1-83-33-12-6-18-61(92-59-99-73(107)25-26-74(99)108)76(110)88-38-47-119-56-52-116-44-29-68(102)94-63(20-8-14-35-85-3)78(112)90-40-49-120-55-51-115-43-28-66(100)87-37-16-10-22-65(80(114)97-60(75(82)109)17-5-11-32-81)96-70(104)31-46-118-54-58-122-50-41-91-79(113)64(21-9-15-36-86-4)95-69(103)30-45-117-53-57-121-48-39-89-77(111)62(19-7-13-34-84-2)93-67(101)27-42-98-71(105)23-24-72(98)106/h23-26,60-65,83-86,92H,5-22,27-59,81H2,1-4H3,(H2,82,109)(H,87,100)(H,88,110)(H,89,111)(H,90,112)(H,91,113)(H,93,101)(H,94,102)(H,95,103)(H,96,104)(H,97,114). The molecule has 696 valence electrons. The zero-order chi connectivity index (χ0) is 89.4. The van der Waals surface area contributed by atoms with Crippen LogP contribution in [0.3, 0.4) is 0 Å². The average molecular weight is 1740 g/mol. The van der Waals surface area contributed by atoms with Crippen LogP contribution in [0.5, 0.6) is 0 Å². The summed E-state index contributed by atoms with van der Waals surface area (Å²) in [4.78, 5) is 192. The summed E-state index contributed by atoms with van der Waals surface area (Å²) < 4.78 is 44.8. The van der Waals surface area contributed by atoms with Gasteiger partial charge in [0.05, 0.1) is 118 Å². The highest BCUT2D eigenvalue weighted by Crippen LogP contribution is 2.12. The Hall–Kier alpha value is -8.63. The third kappa shape index (κ3) is 55.5. The number of carbonyl (C=O) groups is 15. The molecule has 0 aromatic heterocycles. The maximum absolute atomic E-state index is 13.6. The van der Waals surface area contributed by atoms with Gasteiger partial charge in [-0.05, 0) is 170 Å². The highest BCUT2D eigenvalue weighted by atomic mass is 16.5. The first-order valence-corrected chi connectivity index (χ1v) is 42.9. The number of hydrogen-bond acceptors (Lipinski definition) is 29. The molecule has 0 bridgehead atoms. The minimum Gasteiger partial charge on any atom is -0.379 e. The summed E-state index contributed by atoms with van der Waals surface area (Å²) in [5.74, 6) is -6.61. The van der Waals surface area contributed by atoms with Crippen LogP contribution in [0.25, 0.3) is 0 Å². The van der Waals surface area contributed by atoms with Crippen molar-refractivity contribution in [1.29, 1.82) is 0 Å². The predicted octanol–water partition coefficient (Wildman–Crippen LogP) is -4.82. The molecular formula is C80H143N19O23. The number of nitrogens with zero attached hydrogens (tertiary/aromatic N) is 2. The molecule has 6 atom stereocenters. The number of hydrogen-bond donors (Lipinski definition) is 17. The van der Waals surface area contributed by atoms with Crippen LogP contribution in [0.2, 0.25) is 0 Å². The Kier molecular flexibility index (Phi) is 65.3. The molecule has 0 aromatic rings. The van der Waals surface area contributed by atoms with E-state index in [1.54, 1.807) is 0 Å². The van der Waals surface area contributed by atoms with Crippen molar-refractivity contribution in [1.82, 2.24) is 89.6 Å². The summed E-state index contributed by atoms with van der Waals surface area (Å²) in [6.45, 7) is 6.33. The first-order chi connectivity index (χ1) is 59.1. The van der Waals surface area contributed by atoms with Crippen LogP contribution in [0.1, 0.15) is 148 Å². The fourth-order valence-electron chi connectivity index (χ4n) is 12.0. The first-order valence-electron chi connectivity index (χ1n) is 42.9. The maximum Gasteiger partial charge on any atom is 0.254 e. The SMILES string of the molecule is CNCCCCC(NCN1C(=O)C=CC1=O)C(=O)NCCOCCOCCC(=O)NC(CCCCNC)C(=O)NCCOCCOCCC(=O)NCCCCC(NC(=O)CCOCCOCCNC(=O)C(CCCCNC)NC(=O)CCOCCOCCNC(=O)C(CCCCNC)NC(=O)CCN1C(=O)C=CC1=O)C(=O)NC(CCCCN)C(N)=O. The van der Waals surface area contributed by atoms with E-state index in [1.165, 1.54) is 12.2 Å². The largest absolute Gasteiger partial charge is 0.379 e. The number of primary amides is 1. The van der Waals surface area contributed by atoms with E-state index in [1.807, 2.05) is 28.2 Å². The van der Waals surface area contributed by atoms with Gasteiger partial charge >= 0.3 is 0 Å². The predicted molar refractivity (Wildman–Crippen MR) is 450 cm³/mol. The molecule has 6 unspecified atom stereocenters. The molecule has 2 aliphatic rings. The van der Waals surface area contributed by atoms with E-state index in [9.17, 15) is 71.9 Å². The number of nitrogens with two attached hydrogens (primary N) is 2. The Bertz CT molecular complexity index is 3070. The fraction of sp³-hybridized carbons (Fsp3) is 0.762. The van der Waals surface area contributed by atoms with E-state index in [0.29, 0.717) is 77.2 Å². The Labute approximate surface area is 717 Å². The molecule has 0 spiro atoms. The topological polar surface area (TPSA) is 569 Å². The summed E-state index contributed by atoms with van der Waals surface area (Å²) in [6, 6.07) is -5.07. The summed E-state index contributed by atoms with van der Waals surface area (Å²) in [7, 11) is 7.31. The normalized spacial score (nSPS) is 13.9. The second-order valence-electron chi connectivity index (χ2n) is 28.8. The molecule has 2 aliphatic heterocycles. The molecule has 0 radical (unpaired) electrons. The average Bonchev–Trinajstić information content (AvgIpc) is 1.48. The molecule has 42 nitrogen and oxygen atoms in total. The van der Waals surface area contributed by atoms with Crippen molar-refractivity contribution in [2.24, 2.45) is 11.5 Å². The summed E-state index contributed by atoms with van der Waals surface area (Å²) in [5.41, 5.74) is 11.3. The number of imide groups is 2.